The van der Waals surface area contributed by atoms with Crippen molar-refractivity contribution in [2.75, 3.05) is 0 Å². The zero-order valence-electron chi connectivity index (χ0n) is 8.05. The highest BCUT2D eigenvalue weighted by Crippen LogP contribution is 2.27. The van der Waals surface area contributed by atoms with Gasteiger partial charge in [0.05, 0.1) is 12.9 Å². The molecule has 1 aromatic carbocycles. The van der Waals surface area contributed by atoms with E-state index >= 15 is 0 Å². The number of benzene rings is 1. The summed E-state index contributed by atoms with van der Waals surface area (Å²) in [6.45, 7) is 0.164. The maximum atomic E-state index is 13.8. The van der Waals surface area contributed by atoms with E-state index in [1.165, 1.54) is 6.07 Å². The van der Waals surface area contributed by atoms with Crippen LogP contribution in [-0.4, -0.2) is 14.7 Å². The quantitative estimate of drug-likeness (QED) is 0.836. The van der Waals surface area contributed by atoms with Crippen molar-refractivity contribution in [3.63, 3.8) is 0 Å². The van der Waals surface area contributed by atoms with Crippen LogP contribution in [0.3, 0.4) is 0 Å². The monoisotopic (exact) mass is 206 g/mol. The molecule has 0 aliphatic carbocycles. The summed E-state index contributed by atoms with van der Waals surface area (Å²) < 4.78 is 15.4. The molecule has 0 aliphatic rings. The van der Waals surface area contributed by atoms with Gasteiger partial charge in [0.2, 0.25) is 0 Å². The molecular formula is C11H11FN2O. The third-order valence-corrected chi connectivity index (χ3v) is 2.20. The Labute approximate surface area is 86.8 Å². The summed E-state index contributed by atoms with van der Waals surface area (Å²) in [5.74, 6) is -0.00915. The molecule has 1 atom stereocenters. The third kappa shape index (κ3) is 2.15. The molecule has 1 heterocycles. The lowest BCUT2D eigenvalue weighted by molar-refractivity contribution is 0.293. The number of aromatic hydroxyl groups is 1. The molecule has 0 fully saturated rings. The maximum absolute atomic E-state index is 13.8. The standard InChI is InChI=1S/C11H11FN2O/c12-10(7-14-6-5-13-8-14)9-3-1-2-4-11(9)15/h1-6,8,10,15H,7H2. The number of phenolic OH excluding ortho intramolecular Hbond substituents is 1. The van der Waals surface area contributed by atoms with Crippen molar-refractivity contribution in [2.24, 2.45) is 0 Å². The molecule has 1 unspecified atom stereocenters. The number of alkyl halides is 1. The van der Waals surface area contributed by atoms with Crippen molar-refractivity contribution < 1.29 is 9.50 Å². The highest BCUT2D eigenvalue weighted by atomic mass is 19.1. The zero-order valence-corrected chi connectivity index (χ0v) is 8.05. The Kier molecular flexibility index (Phi) is 2.67. The first-order chi connectivity index (χ1) is 7.27. The highest BCUT2D eigenvalue weighted by molar-refractivity contribution is 5.33. The molecule has 15 heavy (non-hydrogen) atoms. The van der Waals surface area contributed by atoms with E-state index in [-0.39, 0.29) is 12.3 Å². The molecule has 0 radical (unpaired) electrons. The minimum Gasteiger partial charge on any atom is -0.508 e. The van der Waals surface area contributed by atoms with Crippen molar-refractivity contribution in [2.45, 2.75) is 12.7 Å². The van der Waals surface area contributed by atoms with Gasteiger partial charge in [-0.3, -0.25) is 0 Å². The normalized spacial score (nSPS) is 12.6. The van der Waals surface area contributed by atoms with E-state index in [1.54, 1.807) is 41.5 Å². The molecule has 0 amide bonds. The summed E-state index contributed by atoms with van der Waals surface area (Å²) in [5, 5.41) is 9.44. The second kappa shape index (κ2) is 4.13. The Hall–Kier alpha value is -1.84. The van der Waals surface area contributed by atoms with Crippen LogP contribution in [0.25, 0.3) is 0 Å². The number of halogens is 1. The Morgan fingerprint density at radius 2 is 2.20 bits per heavy atom. The van der Waals surface area contributed by atoms with Crippen LogP contribution in [-0.2, 0) is 6.54 Å². The van der Waals surface area contributed by atoms with Gasteiger partial charge >= 0.3 is 0 Å². The van der Waals surface area contributed by atoms with Gasteiger partial charge in [0.1, 0.15) is 11.9 Å². The van der Waals surface area contributed by atoms with Crippen molar-refractivity contribution in [3.8, 4) is 5.75 Å². The predicted molar refractivity (Wildman–Crippen MR) is 54.2 cm³/mol. The van der Waals surface area contributed by atoms with Crippen molar-refractivity contribution in [1.82, 2.24) is 9.55 Å². The number of imidazole rings is 1. The number of rotatable bonds is 3. The van der Waals surface area contributed by atoms with Gasteiger partial charge in [-0.25, -0.2) is 9.37 Å². The molecule has 3 nitrogen and oxygen atoms in total. The van der Waals surface area contributed by atoms with Crippen molar-refractivity contribution in [3.05, 3.63) is 48.5 Å². The number of aromatic nitrogens is 2. The van der Waals surface area contributed by atoms with E-state index in [1.807, 2.05) is 0 Å². The molecule has 0 saturated heterocycles. The Bertz CT molecular complexity index is 428. The third-order valence-electron chi connectivity index (χ3n) is 2.20. The van der Waals surface area contributed by atoms with Gasteiger partial charge in [0, 0.05) is 18.0 Å². The number of para-hydroxylation sites is 1. The summed E-state index contributed by atoms with van der Waals surface area (Å²) >= 11 is 0. The number of hydrogen-bond acceptors (Lipinski definition) is 2. The van der Waals surface area contributed by atoms with Crippen LogP contribution in [0.15, 0.2) is 43.0 Å². The van der Waals surface area contributed by atoms with Crippen LogP contribution in [0.5, 0.6) is 5.75 Å². The molecule has 0 saturated carbocycles. The first-order valence-corrected chi connectivity index (χ1v) is 4.65. The van der Waals surface area contributed by atoms with Crippen LogP contribution in [0.2, 0.25) is 0 Å². The summed E-state index contributed by atoms with van der Waals surface area (Å²) in [6, 6.07) is 6.44. The topological polar surface area (TPSA) is 38.0 Å². The van der Waals surface area contributed by atoms with Gasteiger partial charge in [-0.05, 0) is 6.07 Å². The Morgan fingerprint density at radius 1 is 1.40 bits per heavy atom. The van der Waals surface area contributed by atoms with E-state index in [9.17, 15) is 9.50 Å². The SMILES string of the molecule is Oc1ccccc1C(F)Cn1ccnc1. The van der Waals surface area contributed by atoms with Gasteiger partial charge in [0.25, 0.3) is 0 Å². The maximum Gasteiger partial charge on any atom is 0.146 e. The van der Waals surface area contributed by atoms with Crippen LogP contribution in [0.1, 0.15) is 11.7 Å². The van der Waals surface area contributed by atoms with Gasteiger partial charge < -0.3 is 9.67 Å². The fourth-order valence-electron chi connectivity index (χ4n) is 1.43. The van der Waals surface area contributed by atoms with E-state index in [2.05, 4.69) is 4.98 Å². The minimum atomic E-state index is -1.22. The lowest BCUT2D eigenvalue weighted by Gasteiger charge is -2.10. The first kappa shape index (κ1) is 9.71. The van der Waals surface area contributed by atoms with Crippen LogP contribution >= 0.6 is 0 Å². The number of phenols is 1. The van der Waals surface area contributed by atoms with Gasteiger partial charge in [-0.2, -0.15) is 0 Å². The fraction of sp³-hybridized carbons (Fsp3) is 0.182. The van der Waals surface area contributed by atoms with Gasteiger partial charge in [0.15, 0.2) is 0 Å². The van der Waals surface area contributed by atoms with E-state index in [0.717, 1.165) is 0 Å². The molecule has 0 aliphatic heterocycles. The van der Waals surface area contributed by atoms with Crippen molar-refractivity contribution in [1.29, 1.82) is 0 Å². The number of hydrogen-bond donors (Lipinski definition) is 1. The summed E-state index contributed by atoms with van der Waals surface area (Å²) in [6.07, 6.45) is 3.61. The predicted octanol–water partition coefficient (Wildman–Crippen LogP) is 2.30. The average Bonchev–Trinajstić information content (AvgIpc) is 2.71. The second-order valence-electron chi connectivity index (χ2n) is 3.29. The lowest BCUT2D eigenvalue weighted by Crippen LogP contribution is -2.03. The van der Waals surface area contributed by atoms with Crippen LogP contribution in [0, 0.1) is 0 Å². The molecule has 1 N–H and O–H groups in total. The van der Waals surface area contributed by atoms with E-state index in [4.69, 9.17) is 0 Å². The molecule has 2 rings (SSSR count). The zero-order chi connectivity index (χ0) is 10.7. The lowest BCUT2D eigenvalue weighted by atomic mass is 10.1. The molecular weight excluding hydrogens is 195 g/mol. The first-order valence-electron chi connectivity index (χ1n) is 4.65. The Balaban J connectivity index is 2.15. The van der Waals surface area contributed by atoms with Crippen molar-refractivity contribution >= 4 is 0 Å². The molecule has 2 aromatic rings. The minimum absolute atomic E-state index is 0.00915. The molecule has 78 valence electrons. The largest absolute Gasteiger partial charge is 0.508 e. The Morgan fingerprint density at radius 3 is 2.87 bits per heavy atom. The van der Waals surface area contributed by atoms with Crippen LogP contribution < -0.4 is 0 Å². The highest BCUT2D eigenvalue weighted by Gasteiger charge is 2.13. The fourth-order valence-corrected chi connectivity index (χ4v) is 1.43. The summed E-state index contributed by atoms with van der Waals surface area (Å²) in [4.78, 5) is 3.83. The number of nitrogens with zero attached hydrogens (tertiary/aromatic N) is 2. The molecule has 0 spiro atoms. The van der Waals surface area contributed by atoms with Crippen LogP contribution in [0.4, 0.5) is 4.39 Å². The molecule has 4 heteroatoms. The van der Waals surface area contributed by atoms with E-state index < -0.39 is 6.17 Å². The summed E-state index contributed by atoms with van der Waals surface area (Å²) in [7, 11) is 0. The average molecular weight is 206 g/mol. The second-order valence-corrected chi connectivity index (χ2v) is 3.29. The van der Waals surface area contributed by atoms with E-state index in [0.29, 0.717) is 5.56 Å². The van der Waals surface area contributed by atoms with Gasteiger partial charge in [-0.15, -0.1) is 0 Å². The smallest absolute Gasteiger partial charge is 0.146 e. The summed E-state index contributed by atoms with van der Waals surface area (Å²) in [5.41, 5.74) is 0.311. The molecule has 0 bridgehead atoms. The molecule has 1 aromatic heterocycles. The van der Waals surface area contributed by atoms with Gasteiger partial charge in [-0.1, -0.05) is 18.2 Å².